The molecule has 5 heteroatoms. The van der Waals surface area contributed by atoms with E-state index in [1.165, 1.54) is 0 Å². The van der Waals surface area contributed by atoms with Crippen molar-refractivity contribution in [2.75, 3.05) is 0 Å². The summed E-state index contributed by atoms with van der Waals surface area (Å²) < 4.78 is 3.85. The third-order valence-electron chi connectivity index (χ3n) is 2.72. The first kappa shape index (κ1) is 10.9. The topological polar surface area (TPSA) is 55.9 Å². The number of imidazole rings is 2. The summed E-state index contributed by atoms with van der Waals surface area (Å²) in [5.41, 5.74) is 0.838. The second-order valence-corrected chi connectivity index (χ2v) is 3.78. The Labute approximate surface area is 94.4 Å². The highest BCUT2D eigenvalue weighted by molar-refractivity contribution is 5.06. The van der Waals surface area contributed by atoms with Crippen LogP contribution in [0, 0.1) is 0 Å². The number of aliphatic hydroxyl groups excluding tert-OH is 1. The molecule has 0 bridgehead atoms. The Morgan fingerprint density at radius 2 is 2.31 bits per heavy atom. The fraction of sp³-hybridized carbons (Fsp3) is 0.455. The van der Waals surface area contributed by atoms with Crippen molar-refractivity contribution >= 4 is 0 Å². The van der Waals surface area contributed by atoms with Crippen molar-refractivity contribution in [1.82, 2.24) is 19.1 Å². The molecular formula is C11H16N4O. The Hall–Kier alpha value is -1.62. The summed E-state index contributed by atoms with van der Waals surface area (Å²) in [6.07, 6.45) is 7.00. The van der Waals surface area contributed by atoms with E-state index in [1.54, 1.807) is 18.7 Å². The average Bonchev–Trinajstić information content (AvgIpc) is 2.87. The standard InChI is InChI=1S/C11H16N4O/c1-3-15-8-12-7-9(15)10(16)6-11-13-4-5-14(11)2/h4-5,7-8,10,16H,3,6H2,1-2H3. The molecule has 1 atom stereocenters. The Kier molecular flexibility index (Phi) is 3.05. The lowest BCUT2D eigenvalue weighted by Crippen LogP contribution is -2.11. The van der Waals surface area contributed by atoms with Crippen LogP contribution in [-0.4, -0.2) is 24.2 Å². The first-order chi connectivity index (χ1) is 7.72. The molecule has 2 heterocycles. The van der Waals surface area contributed by atoms with Crippen LogP contribution in [0.2, 0.25) is 0 Å². The monoisotopic (exact) mass is 220 g/mol. The average molecular weight is 220 g/mol. The maximum Gasteiger partial charge on any atom is 0.111 e. The quantitative estimate of drug-likeness (QED) is 0.833. The molecule has 0 saturated heterocycles. The molecule has 86 valence electrons. The van der Waals surface area contributed by atoms with E-state index in [9.17, 15) is 5.11 Å². The summed E-state index contributed by atoms with van der Waals surface area (Å²) in [5.74, 6) is 0.872. The zero-order valence-electron chi connectivity index (χ0n) is 9.54. The molecule has 16 heavy (non-hydrogen) atoms. The molecule has 2 aromatic heterocycles. The highest BCUT2D eigenvalue weighted by atomic mass is 16.3. The Morgan fingerprint density at radius 1 is 1.50 bits per heavy atom. The first-order valence-corrected chi connectivity index (χ1v) is 5.36. The van der Waals surface area contributed by atoms with Gasteiger partial charge in [-0.2, -0.15) is 0 Å². The molecule has 5 nitrogen and oxygen atoms in total. The predicted octanol–water partition coefficient (Wildman–Crippen LogP) is 0.913. The van der Waals surface area contributed by atoms with Crippen molar-refractivity contribution in [2.45, 2.75) is 26.0 Å². The van der Waals surface area contributed by atoms with E-state index >= 15 is 0 Å². The lowest BCUT2D eigenvalue weighted by atomic mass is 10.2. The summed E-state index contributed by atoms with van der Waals surface area (Å²) in [4.78, 5) is 8.24. The van der Waals surface area contributed by atoms with Crippen molar-refractivity contribution in [1.29, 1.82) is 0 Å². The van der Waals surface area contributed by atoms with Gasteiger partial charge in [-0.05, 0) is 6.92 Å². The van der Waals surface area contributed by atoms with Gasteiger partial charge in [0.1, 0.15) is 11.9 Å². The van der Waals surface area contributed by atoms with Crippen LogP contribution in [0.4, 0.5) is 0 Å². The molecule has 0 aliphatic carbocycles. The Morgan fingerprint density at radius 3 is 2.94 bits per heavy atom. The van der Waals surface area contributed by atoms with Crippen molar-refractivity contribution in [3.8, 4) is 0 Å². The predicted molar refractivity (Wildman–Crippen MR) is 59.8 cm³/mol. The second kappa shape index (κ2) is 4.49. The number of rotatable bonds is 4. The molecule has 0 aliphatic heterocycles. The smallest absolute Gasteiger partial charge is 0.111 e. The third-order valence-corrected chi connectivity index (χ3v) is 2.72. The number of nitrogens with zero attached hydrogens (tertiary/aromatic N) is 4. The molecule has 0 spiro atoms. The van der Waals surface area contributed by atoms with E-state index in [-0.39, 0.29) is 0 Å². The third kappa shape index (κ3) is 1.99. The summed E-state index contributed by atoms with van der Waals surface area (Å²) in [6, 6.07) is 0. The fourth-order valence-corrected chi connectivity index (χ4v) is 1.74. The Balaban J connectivity index is 2.14. The van der Waals surface area contributed by atoms with Crippen molar-refractivity contribution in [3.63, 3.8) is 0 Å². The molecule has 0 amide bonds. The van der Waals surface area contributed by atoms with Crippen LogP contribution >= 0.6 is 0 Å². The Bertz CT molecular complexity index is 460. The van der Waals surface area contributed by atoms with E-state index in [0.29, 0.717) is 6.42 Å². The molecule has 0 fully saturated rings. The molecule has 0 aromatic carbocycles. The van der Waals surface area contributed by atoms with Gasteiger partial charge >= 0.3 is 0 Å². The van der Waals surface area contributed by atoms with Crippen LogP contribution in [0.15, 0.2) is 24.9 Å². The van der Waals surface area contributed by atoms with Crippen LogP contribution < -0.4 is 0 Å². The van der Waals surface area contributed by atoms with Gasteiger partial charge in [-0.1, -0.05) is 0 Å². The van der Waals surface area contributed by atoms with Crippen LogP contribution in [0.5, 0.6) is 0 Å². The SMILES string of the molecule is CCn1cncc1C(O)Cc1nccn1C. The molecule has 0 radical (unpaired) electrons. The van der Waals surface area contributed by atoms with Crippen molar-refractivity contribution in [2.24, 2.45) is 7.05 Å². The first-order valence-electron chi connectivity index (χ1n) is 5.36. The van der Waals surface area contributed by atoms with E-state index in [2.05, 4.69) is 9.97 Å². The minimum absolute atomic E-state index is 0.509. The molecule has 2 rings (SSSR count). The summed E-state index contributed by atoms with van der Waals surface area (Å²) in [7, 11) is 1.92. The summed E-state index contributed by atoms with van der Waals surface area (Å²) in [5, 5.41) is 10.1. The lowest BCUT2D eigenvalue weighted by molar-refractivity contribution is 0.165. The van der Waals surface area contributed by atoms with Crippen molar-refractivity contribution in [3.05, 3.63) is 36.4 Å². The van der Waals surface area contributed by atoms with Gasteiger partial charge in [0, 0.05) is 32.4 Å². The van der Waals surface area contributed by atoms with Gasteiger partial charge < -0.3 is 14.2 Å². The summed E-state index contributed by atoms with van der Waals surface area (Å²) in [6.45, 7) is 2.84. The van der Waals surface area contributed by atoms with E-state index in [1.807, 2.05) is 29.3 Å². The van der Waals surface area contributed by atoms with Crippen LogP contribution in [0.25, 0.3) is 0 Å². The highest BCUT2D eigenvalue weighted by Crippen LogP contribution is 2.16. The highest BCUT2D eigenvalue weighted by Gasteiger charge is 2.14. The van der Waals surface area contributed by atoms with E-state index in [0.717, 1.165) is 18.1 Å². The molecule has 1 unspecified atom stereocenters. The van der Waals surface area contributed by atoms with Gasteiger partial charge in [0.05, 0.1) is 18.2 Å². The van der Waals surface area contributed by atoms with E-state index < -0.39 is 6.10 Å². The molecule has 2 aromatic rings. The summed E-state index contributed by atoms with van der Waals surface area (Å²) >= 11 is 0. The van der Waals surface area contributed by atoms with E-state index in [4.69, 9.17) is 0 Å². The minimum Gasteiger partial charge on any atom is -0.386 e. The molecule has 1 N–H and O–H groups in total. The largest absolute Gasteiger partial charge is 0.386 e. The number of aliphatic hydroxyl groups is 1. The van der Waals surface area contributed by atoms with Crippen LogP contribution in [0.3, 0.4) is 0 Å². The molecule has 0 aliphatic rings. The van der Waals surface area contributed by atoms with Gasteiger partial charge in [-0.25, -0.2) is 9.97 Å². The van der Waals surface area contributed by atoms with Gasteiger partial charge in [0.15, 0.2) is 0 Å². The number of hydrogen-bond donors (Lipinski definition) is 1. The second-order valence-electron chi connectivity index (χ2n) is 3.78. The van der Waals surface area contributed by atoms with Crippen molar-refractivity contribution < 1.29 is 5.11 Å². The van der Waals surface area contributed by atoms with Crippen LogP contribution in [-0.2, 0) is 20.0 Å². The zero-order valence-corrected chi connectivity index (χ0v) is 9.54. The number of hydrogen-bond acceptors (Lipinski definition) is 3. The van der Waals surface area contributed by atoms with Gasteiger partial charge in [0.25, 0.3) is 0 Å². The maximum atomic E-state index is 10.1. The van der Waals surface area contributed by atoms with Gasteiger partial charge in [-0.3, -0.25) is 0 Å². The zero-order chi connectivity index (χ0) is 11.5. The minimum atomic E-state index is -0.552. The fourth-order valence-electron chi connectivity index (χ4n) is 1.74. The molecular weight excluding hydrogens is 204 g/mol. The molecule has 0 saturated carbocycles. The van der Waals surface area contributed by atoms with Crippen LogP contribution in [0.1, 0.15) is 24.5 Å². The maximum absolute atomic E-state index is 10.1. The normalized spacial score (nSPS) is 12.9. The number of aromatic nitrogens is 4. The lowest BCUT2D eigenvalue weighted by Gasteiger charge is -2.12. The van der Waals surface area contributed by atoms with Gasteiger partial charge in [0.2, 0.25) is 0 Å². The number of aryl methyl sites for hydroxylation is 2. The van der Waals surface area contributed by atoms with Gasteiger partial charge in [-0.15, -0.1) is 0 Å².